The number of hydrogen-bond donors (Lipinski definition) is 1. The van der Waals surface area contributed by atoms with E-state index in [9.17, 15) is 26.4 Å². The molecule has 0 aliphatic rings. The molecule has 12 heteroatoms. The highest BCUT2D eigenvalue weighted by molar-refractivity contribution is 7.91. The highest BCUT2D eigenvalue weighted by Crippen LogP contribution is 2.32. The van der Waals surface area contributed by atoms with Gasteiger partial charge in [-0.2, -0.15) is 13.2 Å². The van der Waals surface area contributed by atoms with E-state index in [-0.39, 0.29) is 38.9 Å². The molecule has 0 atom stereocenters. The van der Waals surface area contributed by atoms with Crippen LogP contribution in [0.2, 0.25) is 0 Å². The van der Waals surface area contributed by atoms with Gasteiger partial charge in [0.25, 0.3) is 0 Å². The molecule has 0 fully saturated rings. The summed E-state index contributed by atoms with van der Waals surface area (Å²) in [6.45, 7) is 1.37. The van der Waals surface area contributed by atoms with Crippen LogP contribution in [0.25, 0.3) is 22.7 Å². The van der Waals surface area contributed by atoms with Crippen molar-refractivity contribution in [1.29, 1.82) is 0 Å². The summed E-state index contributed by atoms with van der Waals surface area (Å²) in [5.74, 6) is -1.75. The smallest absolute Gasteiger partial charge is 0.417 e. The van der Waals surface area contributed by atoms with Crippen LogP contribution in [0.15, 0.2) is 29.4 Å². The third-order valence-electron chi connectivity index (χ3n) is 4.06. The fourth-order valence-electron chi connectivity index (χ4n) is 2.56. The van der Waals surface area contributed by atoms with Crippen LogP contribution in [-0.2, 0) is 23.1 Å². The van der Waals surface area contributed by atoms with Crippen LogP contribution in [0.3, 0.4) is 0 Å². The summed E-state index contributed by atoms with van der Waals surface area (Å²) in [5, 5.41) is 9.11. The number of rotatable bonds is 4. The van der Waals surface area contributed by atoms with E-state index in [1.165, 1.54) is 18.5 Å². The van der Waals surface area contributed by atoms with Gasteiger partial charge in [0.2, 0.25) is 0 Å². The van der Waals surface area contributed by atoms with Gasteiger partial charge >= 0.3 is 12.1 Å². The highest BCUT2D eigenvalue weighted by atomic mass is 32.2. The Kier molecular flexibility index (Phi) is 4.61. The maximum absolute atomic E-state index is 12.9. The zero-order chi connectivity index (χ0) is 20.9. The maximum Gasteiger partial charge on any atom is 0.417 e. The van der Waals surface area contributed by atoms with Gasteiger partial charge in [-0.15, -0.1) is 0 Å². The number of alkyl halides is 3. The minimum absolute atomic E-state index is 0.0502. The molecule has 0 bridgehead atoms. The topological polar surface area (TPSA) is 115 Å². The van der Waals surface area contributed by atoms with E-state index in [0.29, 0.717) is 6.20 Å². The lowest BCUT2D eigenvalue weighted by Crippen LogP contribution is -2.11. The van der Waals surface area contributed by atoms with Gasteiger partial charge < -0.3 is 9.67 Å². The first-order valence-electron chi connectivity index (χ1n) is 7.82. The third-order valence-corrected chi connectivity index (χ3v) is 5.80. The molecule has 0 aliphatic heterocycles. The van der Waals surface area contributed by atoms with Crippen molar-refractivity contribution >= 4 is 27.0 Å². The molecule has 0 spiro atoms. The van der Waals surface area contributed by atoms with Crippen molar-refractivity contribution in [1.82, 2.24) is 19.5 Å². The van der Waals surface area contributed by atoms with Gasteiger partial charge in [0, 0.05) is 19.4 Å². The van der Waals surface area contributed by atoms with Crippen LogP contribution < -0.4 is 0 Å². The number of nitrogens with zero attached hydrogens (tertiary/aromatic N) is 4. The predicted octanol–water partition coefficient (Wildman–Crippen LogP) is 2.54. The molecule has 0 saturated heterocycles. The van der Waals surface area contributed by atoms with Crippen LogP contribution in [-0.4, -0.2) is 44.8 Å². The Morgan fingerprint density at radius 3 is 2.46 bits per heavy atom. The van der Waals surface area contributed by atoms with E-state index >= 15 is 0 Å². The summed E-state index contributed by atoms with van der Waals surface area (Å²) in [6, 6.07) is 1.75. The molecular weight excluding hydrogens is 401 g/mol. The van der Waals surface area contributed by atoms with Crippen LogP contribution >= 0.6 is 0 Å². The van der Waals surface area contributed by atoms with E-state index in [4.69, 9.17) is 5.11 Å². The van der Waals surface area contributed by atoms with Crippen molar-refractivity contribution in [2.75, 3.05) is 5.75 Å². The van der Waals surface area contributed by atoms with E-state index in [0.717, 1.165) is 18.3 Å². The number of carbonyl (C=O) groups is 1. The van der Waals surface area contributed by atoms with Crippen molar-refractivity contribution in [3.63, 3.8) is 0 Å². The fourth-order valence-corrected chi connectivity index (χ4v) is 3.62. The number of imidazole rings is 1. The average molecular weight is 414 g/mol. The van der Waals surface area contributed by atoms with Gasteiger partial charge in [-0.3, -0.25) is 4.98 Å². The minimum Gasteiger partial charge on any atom is -0.478 e. The summed E-state index contributed by atoms with van der Waals surface area (Å²) < 4.78 is 64.9. The van der Waals surface area contributed by atoms with E-state index in [1.807, 2.05) is 0 Å². The standard InChI is InChI=1S/C16H13F3N4O4S/c1-3-28(26,27)11-4-8(15(24)25)6-20-12(11)14-22-10-5-9(16(17,18)19)7-21-13(10)23(14)2/h4-7H,3H2,1-2H3,(H,24,25). The number of pyridine rings is 2. The number of fused-ring (bicyclic) bond motifs is 1. The second-order valence-corrected chi connectivity index (χ2v) is 8.08. The largest absolute Gasteiger partial charge is 0.478 e. The van der Waals surface area contributed by atoms with Crippen LogP contribution in [0, 0.1) is 0 Å². The van der Waals surface area contributed by atoms with Gasteiger partial charge in [-0.05, 0) is 12.1 Å². The molecule has 0 unspecified atom stereocenters. The summed E-state index contributed by atoms with van der Waals surface area (Å²) in [4.78, 5) is 22.6. The first kappa shape index (κ1) is 19.7. The van der Waals surface area contributed by atoms with Gasteiger partial charge in [-0.25, -0.2) is 23.2 Å². The Balaban J connectivity index is 2.30. The summed E-state index contributed by atoms with van der Waals surface area (Å²) in [5.41, 5.74) is -1.52. The van der Waals surface area contributed by atoms with Crippen molar-refractivity contribution < 1.29 is 31.5 Å². The zero-order valence-electron chi connectivity index (χ0n) is 14.5. The number of sulfone groups is 1. The number of halogens is 3. The zero-order valence-corrected chi connectivity index (χ0v) is 15.3. The molecule has 3 aromatic rings. The summed E-state index contributed by atoms with van der Waals surface area (Å²) in [7, 11) is -2.45. The molecule has 3 heterocycles. The Hall–Kier alpha value is -3.02. The SMILES string of the molecule is CCS(=O)(=O)c1cc(C(=O)O)cnc1-c1nc2cc(C(F)(F)F)cnc2n1C. The number of carboxylic acids is 1. The van der Waals surface area contributed by atoms with Crippen molar-refractivity contribution in [2.45, 2.75) is 18.0 Å². The van der Waals surface area contributed by atoms with Crippen LogP contribution in [0.5, 0.6) is 0 Å². The maximum atomic E-state index is 12.9. The van der Waals surface area contributed by atoms with Crippen molar-refractivity contribution in [3.8, 4) is 11.5 Å². The Bertz CT molecular complexity index is 1200. The number of hydrogen-bond acceptors (Lipinski definition) is 6. The molecule has 3 rings (SSSR count). The van der Waals surface area contributed by atoms with Crippen molar-refractivity contribution in [3.05, 3.63) is 35.7 Å². The van der Waals surface area contributed by atoms with E-state index in [2.05, 4.69) is 15.0 Å². The van der Waals surface area contributed by atoms with Gasteiger partial charge in [0.1, 0.15) is 11.2 Å². The molecule has 0 amide bonds. The lowest BCUT2D eigenvalue weighted by atomic mass is 10.2. The molecule has 0 saturated carbocycles. The number of aromatic carboxylic acids is 1. The van der Waals surface area contributed by atoms with Gasteiger partial charge in [0.15, 0.2) is 21.3 Å². The lowest BCUT2D eigenvalue weighted by Gasteiger charge is -2.09. The number of aryl methyl sites for hydroxylation is 1. The van der Waals surface area contributed by atoms with Crippen molar-refractivity contribution in [2.24, 2.45) is 7.05 Å². The summed E-state index contributed by atoms with van der Waals surface area (Å²) in [6.07, 6.45) is -3.00. The first-order chi connectivity index (χ1) is 13.0. The monoisotopic (exact) mass is 414 g/mol. The quantitative estimate of drug-likeness (QED) is 0.698. The first-order valence-corrected chi connectivity index (χ1v) is 9.47. The Morgan fingerprint density at radius 2 is 1.89 bits per heavy atom. The third kappa shape index (κ3) is 3.30. The Morgan fingerprint density at radius 1 is 1.21 bits per heavy atom. The molecule has 0 aliphatic carbocycles. The molecular formula is C16H13F3N4O4S. The van der Waals surface area contributed by atoms with Crippen LogP contribution in [0.4, 0.5) is 13.2 Å². The fraction of sp³-hybridized carbons (Fsp3) is 0.250. The molecule has 148 valence electrons. The molecule has 8 nitrogen and oxygen atoms in total. The highest BCUT2D eigenvalue weighted by Gasteiger charge is 2.32. The summed E-state index contributed by atoms with van der Waals surface area (Å²) >= 11 is 0. The number of aromatic nitrogens is 4. The predicted molar refractivity (Wildman–Crippen MR) is 91.4 cm³/mol. The molecule has 0 radical (unpaired) electrons. The molecule has 3 aromatic heterocycles. The molecule has 1 N–H and O–H groups in total. The van der Waals surface area contributed by atoms with Crippen LogP contribution in [0.1, 0.15) is 22.8 Å². The van der Waals surface area contributed by atoms with Gasteiger partial charge in [-0.1, -0.05) is 6.92 Å². The second-order valence-electron chi connectivity index (χ2n) is 5.84. The molecule has 28 heavy (non-hydrogen) atoms. The minimum atomic E-state index is -4.61. The van der Waals surface area contributed by atoms with Gasteiger partial charge in [0.05, 0.1) is 21.8 Å². The van der Waals surface area contributed by atoms with E-state index < -0.39 is 27.5 Å². The normalized spacial score (nSPS) is 12.5. The lowest BCUT2D eigenvalue weighted by molar-refractivity contribution is -0.137. The second kappa shape index (κ2) is 6.55. The average Bonchev–Trinajstić information content (AvgIpc) is 2.96. The van der Waals surface area contributed by atoms with E-state index in [1.54, 1.807) is 0 Å². The molecule has 0 aromatic carbocycles. The number of carboxylic acid groups (broad SMARTS) is 1. The Labute approximate surface area is 156 Å².